The molecule has 0 aromatic carbocycles. The van der Waals surface area contributed by atoms with Crippen LogP contribution in [0.1, 0.15) is 32.6 Å². The summed E-state index contributed by atoms with van der Waals surface area (Å²) < 4.78 is 0. The van der Waals surface area contributed by atoms with Gasteiger partial charge < -0.3 is 10.6 Å². The van der Waals surface area contributed by atoms with Gasteiger partial charge in [0.25, 0.3) is 0 Å². The molecule has 0 bridgehead atoms. The maximum atomic E-state index is 5.87. The SMILES string of the molecule is CC1CC(CN2CCC(N)CC2)C1. The lowest BCUT2D eigenvalue weighted by Crippen LogP contribution is -2.43. The Balaban J connectivity index is 1.65. The summed E-state index contributed by atoms with van der Waals surface area (Å²) in [5.74, 6) is 2.00. The van der Waals surface area contributed by atoms with Gasteiger partial charge in [-0.3, -0.25) is 0 Å². The molecular formula is C11H22N2. The fourth-order valence-electron chi connectivity index (χ4n) is 2.72. The second-order valence-corrected chi connectivity index (χ2v) is 5.08. The monoisotopic (exact) mass is 182 g/mol. The minimum absolute atomic E-state index is 0.483. The van der Waals surface area contributed by atoms with E-state index in [1.807, 2.05) is 0 Å². The first-order chi connectivity index (χ1) is 6.24. The van der Waals surface area contributed by atoms with Gasteiger partial charge in [-0.15, -0.1) is 0 Å². The summed E-state index contributed by atoms with van der Waals surface area (Å²) in [6, 6.07) is 0.483. The molecule has 0 unspecified atom stereocenters. The third-order valence-electron chi connectivity index (χ3n) is 3.62. The van der Waals surface area contributed by atoms with Gasteiger partial charge in [-0.25, -0.2) is 0 Å². The molecule has 76 valence electrons. The van der Waals surface area contributed by atoms with Crippen LogP contribution in [0.3, 0.4) is 0 Å². The molecule has 0 aromatic heterocycles. The molecule has 0 radical (unpaired) electrons. The Kier molecular flexibility index (Phi) is 2.89. The zero-order valence-corrected chi connectivity index (χ0v) is 8.71. The first-order valence-electron chi connectivity index (χ1n) is 5.72. The lowest BCUT2D eigenvalue weighted by molar-refractivity contribution is 0.115. The average molecular weight is 182 g/mol. The second kappa shape index (κ2) is 3.97. The van der Waals surface area contributed by atoms with Gasteiger partial charge in [0, 0.05) is 12.6 Å². The Hall–Kier alpha value is -0.0800. The highest BCUT2D eigenvalue weighted by Crippen LogP contribution is 2.33. The number of hydrogen-bond acceptors (Lipinski definition) is 2. The summed E-state index contributed by atoms with van der Waals surface area (Å²) in [6.07, 6.45) is 5.34. The van der Waals surface area contributed by atoms with Gasteiger partial charge >= 0.3 is 0 Å². The molecule has 1 aliphatic carbocycles. The highest BCUT2D eigenvalue weighted by atomic mass is 15.1. The quantitative estimate of drug-likeness (QED) is 0.700. The van der Waals surface area contributed by atoms with Crippen LogP contribution >= 0.6 is 0 Å². The molecule has 2 rings (SSSR count). The van der Waals surface area contributed by atoms with E-state index < -0.39 is 0 Å². The van der Waals surface area contributed by atoms with Gasteiger partial charge in [-0.2, -0.15) is 0 Å². The van der Waals surface area contributed by atoms with Crippen LogP contribution in [-0.4, -0.2) is 30.6 Å². The zero-order valence-electron chi connectivity index (χ0n) is 8.71. The standard InChI is InChI=1S/C11H22N2/c1-9-6-10(7-9)8-13-4-2-11(12)3-5-13/h9-11H,2-8,12H2,1H3. The summed E-state index contributed by atoms with van der Waals surface area (Å²) in [7, 11) is 0. The van der Waals surface area contributed by atoms with E-state index in [0.717, 1.165) is 11.8 Å². The summed E-state index contributed by atoms with van der Waals surface area (Å²) in [5, 5.41) is 0. The molecule has 1 saturated carbocycles. The molecule has 0 spiro atoms. The second-order valence-electron chi connectivity index (χ2n) is 5.08. The van der Waals surface area contributed by atoms with Crippen LogP contribution in [0, 0.1) is 11.8 Å². The maximum Gasteiger partial charge on any atom is 0.00631 e. The summed E-state index contributed by atoms with van der Waals surface area (Å²) in [4.78, 5) is 2.61. The largest absolute Gasteiger partial charge is 0.328 e. The van der Waals surface area contributed by atoms with Gasteiger partial charge in [0.1, 0.15) is 0 Å². The Labute approximate surface area is 81.5 Å². The fourth-order valence-corrected chi connectivity index (χ4v) is 2.72. The minimum Gasteiger partial charge on any atom is -0.328 e. The van der Waals surface area contributed by atoms with Crippen LogP contribution in [0.4, 0.5) is 0 Å². The maximum absolute atomic E-state index is 5.87. The summed E-state index contributed by atoms with van der Waals surface area (Å²) in [5.41, 5.74) is 5.87. The fraction of sp³-hybridized carbons (Fsp3) is 1.00. The molecular weight excluding hydrogens is 160 g/mol. The number of nitrogens with two attached hydrogens (primary N) is 1. The molecule has 0 atom stereocenters. The van der Waals surface area contributed by atoms with Crippen molar-refractivity contribution in [2.75, 3.05) is 19.6 Å². The molecule has 13 heavy (non-hydrogen) atoms. The normalized spacial score (nSPS) is 37.4. The van der Waals surface area contributed by atoms with Crippen molar-refractivity contribution in [2.45, 2.75) is 38.6 Å². The molecule has 2 heteroatoms. The van der Waals surface area contributed by atoms with Crippen molar-refractivity contribution in [2.24, 2.45) is 17.6 Å². The average Bonchev–Trinajstić information content (AvgIpc) is 2.06. The van der Waals surface area contributed by atoms with E-state index in [2.05, 4.69) is 11.8 Å². The van der Waals surface area contributed by atoms with Crippen LogP contribution in [0.25, 0.3) is 0 Å². The first-order valence-corrected chi connectivity index (χ1v) is 5.72. The predicted octanol–water partition coefficient (Wildman–Crippen LogP) is 1.46. The van der Waals surface area contributed by atoms with Gasteiger partial charge in [0.05, 0.1) is 0 Å². The number of nitrogens with zero attached hydrogens (tertiary/aromatic N) is 1. The van der Waals surface area contributed by atoms with E-state index in [1.54, 1.807) is 0 Å². The van der Waals surface area contributed by atoms with Crippen LogP contribution in [-0.2, 0) is 0 Å². The number of piperidine rings is 1. The van der Waals surface area contributed by atoms with Crippen LogP contribution in [0.15, 0.2) is 0 Å². The van der Waals surface area contributed by atoms with Crippen LogP contribution < -0.4 is 5.73 Å². The van der Waals surface area contributed by atoms with E-state index in [9.17, 15) is 0 Å². The van der Waals surface area contributed by atoms with Crippen molar-refractivity contribution < 1.29 is 0 Å². The van der Waals surface area contributed by atoms with E-state index in [1.165, 1.54) is 45.3 Å². The Morgan fingerprint density at radius 3 is 2.38 bits per heavy atom. The topological polar surface area (TPSA) is 29.3 Å². The highest BCUT2D eigenvalue weighted by Gasteiger charge is 2.28. The van der Waals surface area contributed by atoms with E-state index in [4.69, 9.17) is 5.73 Å². The number of likely N-dealkylation sites (tertiary alicyclic amines) is 1. The Morgan fingerprint density at radius 2 is 1.85 bits per heavy atom. The van der Waals surface area contributed by atoms with Crippen LogP contribution in [0.5, 0.6) is 0 Å². The lowest BCUT2D eigenvalue weighted by atomic mass is 9.76. The van der Waals surface area contributed by atoms with Crippen molar-refractivity contribution in [1.82, 2.24) is 4.90 Å². The smallest absolute Gasteiger partial charge is 0.00631 e. The molecule has 0 aromatic rings. The minimum atomic E-state index is 0.483. The van der Waals surface area contributed by atoms with Gasteiger partial charge in [-0.1, -0.05) is 6.92 Å². The molecule has 2 nitrogen and oxygen atoms in total. The Bertz CT molecular complexity index is 155. The molecule has 2 N–H and O–H groups in total. The van der Waals surface area contributed by atoms with Gasteiger partial charge in [0.15, 0.2) is 0 Å². The third-order valence-corrected chi connectivity index (χ3v) is 3.62. The third kappa shape index (κ3) is 2.44. The predicted molar refractivity (Wildman–Crippen MR) is 55.5 cm³/mol. The number of rotatable bonds is 2. The molecule has 1 heterocycles. The molecule has 0 amide bonds. The molecule has 1 aliphatic heterocycles. The van der Waals surface area contributed by atoms with E-state index in [0.29, 0.717) is 6.04 Å². The zero-order chi connectivity index (χ0) is 9.26. The number of hydrogen-bond donors (Lipinski definition) is 1. The van der Waals surface area contributed by atoms with Crippen molar-refractivity contribution in [1.29, 1.82) is 0 Å². The Morgan fingerprint density at radius 1 is 1.23 bits per heavy atom. The van der Waals surface area contributed by atoms with E-state index >= 15 is 0 Å². The molecule has 1 saturated heterocycles. The first kappa shape index (κ1) is 9.47. The lowest BCUT2D eigenvalue weighted by Gasteiger charge is -2.39. The molecule has 2 fully saturated rings. The summed E-state index contributed by atoms with van der Waals surface area (Å²) in [6.45, 7) is 6.19. The van der Waals surface area contributed by atoms with Crippen molar-refractivity contribution in [3.8, 4) is 0 Å². The summed E-state index contributed by atoms with van der Waals surface area (Å²) >= 11 is 0. The highest BCUT2D eigenvalue weighted by molar-refractivity contribution is 4.82. The molecule has 2 aliphatic rings. The van der Waals surface area contributed by atoms with Crippen molar-refractivity contribution in [3.63, 3.8) is 0 Å². The van der Waals surface area contributed by atoms with Crippen LogP contribution in [0.2, 0.25) is 0 Å². The van der Waals surface area contributed by atoms with Crippen molar-refractivity contribution in [3.05, 3.63) is 0 Å². The van der Waals surface area contributed by atoms with Gasteiger partial charge in [-0.05, 0) is 50.6 Å². The van der Waals surface area contributed by atoms with Crippen molar-refractivity contribution >= 4 is 0 Å². The van der Waals surface area contributed by atoms with Gasteiger partial charge in [0.2, 0.25) is 0 Å². The van der Waals surface area contributed by atoms with E-state index in [-0.39, 0.29) is 0 Å².